The lowest BCUT2D eigenvalue weighted by Gasteiger charge is -2.30. The molecule has 0 radical (unpaired) electrons. The molecule has 0 atom stereocenters. The number of rotatable bonds is 5. The Hall–Kier alpha value is -1.27. The smallest absolute Gasteiger partial charge is 0.258 e. The molecule has 1 aromatic rings. The first-order valence-electron chi connectivity index (χ1n) is 7.10. The number of halogens is 1. The van der Waals surface area contributed by atoms with E-state index in [9.17, 15) is 4.79 Å². The van der Waals surface area contributed by atoms with Gasteiger partial charge in [-0.2, -0.15) is 0 Å². The molecular formula is C15H21BrN2O3. The number of anilines is 1. The first-order chi connectivity index (χ1) is 10.1. The molecule has 1 aromatic carbocycles. The fraction of sp³-hybridized carbons (Fsp3) is 0.533. The number of benzene rings is 1. The number of morpholine rings is 1. The van der Waals surface area contributed by atoms with Crippen LogP contribution in [0.2, 0.25) is 0 Å². The van der Waals surface area contributed by atoms with Gasteiger partial charge in [0.15, 0.2) is 6.61 Å². The van der Waals surface area contributed by atoms with Gasteiger partial charge >= 0.3 is 0 Å². The Balaban J connectivity index is 2.06. The Bertz CT molecular complexity index is 488. The summed E-state index contributed by atoms with van der Waals surface area (Å²) in [5.41, 5.74) is 0.991. The highest BCUT2D eigenvalue weighted by Crippen LogP contribution is 2.32. The van der Waals surface area contributed by atoms with Gasteiger partial charge in [-0.1, -0.05) is 15.9 Å². The Kier molecular flexibility index (Phi) is 5.87. The monoisotopic (exact) mass is 356 g/mol. The summed E-state index contributed by atoms with van der Waals surface area (Å²) in [6, 6.07) is 5.93. The van der Waals surface area contributed by atoms with Crippen molar-refractivity contribution in [2.75, 3.05) is 37.8 Å². The molecule has 1 aliphatic heterocycles. The Morgan fingerprint density at radius 2 is 2.14 bits per heavy atom. The molecule has 1 saturated heterocycles. The van der Waals surface area contributed by atoms with E-state index in [-0.39, 0.29) is 18.6 Å². The molecule has 6 heteroatoms. The zero-order chi connectivity index (χ0) is 15.2. The van der Waals surface area contributed by atoms with Crippen molar-refractivity contribution in [1.29, 1.82) is 0 Å². The second-order valence-corrected chi connectivity index (χ2v) is 6.14. The molecule has 116 valence electrons. The first kappa shape index (κ1) is 16.1. The van der Waals surface area contributed by atoms with Gasteiger partial charge in [0.2, 0.25) is 0 Å². The lowest BCUT2D eigenvalue weighted by atomic mass is 10.2. The fourth-order valence-corrected chi connectivity index (χ4v) is 2.52. The fourth-order valence-electron chi connectivity index (χ4n) is 2.17. The molecule has 5 nitrogen and oxygen atoms in total. The topological polar surface area (TPSA) is 50.8 Å². The number of nitrogens with zero attached hydrogens (tertiary/aromatic N) is 1. The lowest BCUT2D eigenvalue weighted by molar-refractivity contribution is -0.123. The quantitative estimate of drug-likeness (QED) is 0.878. The minimum atomic E-state index is -0.110. The predicted octanol–water partition coefficient (Wildman–Crippen LogP) is 2.19. The number of nitrogens with one attached hydrogen (secondary N) is 1. The minimum absolute atomic E-state index is 0.0250. The van der Waals surface area contributed by atoms with Crippen LogP contribution in [0.3, 0.4) is 0 Å². The summed E-state index contributed by atoms with van der Waals surface area (Å²) < 4.78 is 12.1. The Morgan fingerprint density at radius 1 is 1.43 bits per heavy atom. The third-order valence-electron chi connectivity index (χ3n) is 3.08. The predicted molar refractivity (Wildman–Crippen MR) is 85.9 cm³/mol. The van der Waals surface area contributed by atoms with Crippen molar-refractivity contribution in [3.8, 4) is 5.75 Å². The van der Waals surface area contributed by atoms with Gasteiger partial charge in [-0.05, 0) is 32.0 Å². The first-order valence-corrected chi connectivity index (χ1v) is 7.90. The molecule has 0 aliphatic carbocycles. The maximum absolute atomic E-state index is 11.7. The van der Waals surface area contributed by atoms with Gasteiger partial charge in [-0.3, -0.25) is 4.79 Å². The standard InChI is InChI=1S/C15H21BrN2O3/c1-11(2)17-15(19)10-21-14-4-3-12(16)9-13(14)18-5-7-20-8-6-18/h3-4,9,11H,5-8,10H2,1-2H3,(H,17,19). The van der Waals surface area contributed by atoms with Crippen molar-refractivity contribution in [2.45, 2.75) is 19.9 Å². The minimum Gasteiger partial charge on any atom is -0.482 e. The number of hydrogen-bond donors (Lipinski definition) is 1. The largest absolute Gasteiger partial charge is 0.482 e. The summed E-state index contributed by atoms with van der Waals surface area (Å²) in [6.07, 6.45) is 0. The van der Waals surface area contributed by atoms with E-state index in [4.69, 9.17) is 9.47 Å². The number of hydrogen-bond acceptors (Lipinski definition) is 4. The molecule has 21 heavy (non-hydrogen) atoms. The summed E-state index contributed by atoms with van der Waals surface area (Å²) in [5.74, 6) is 0.611. The van der Waals surface area contributed by atoms with Gasteiger partial charge < -0.3 is 19.7 Å². The van der Waals surface area contributed by atoms with Crippen LogP contribution in [-0.4, -0.2) is 44.9 Å². The van der Waals surface area contributed by atoms with Crippen LogP contribution >= 0.6 is 15.9 Å². The lowest BCUT2D eigenvalue weighted by Crippen LogP contribution is -2.37. The summed E-state index contributed by atoms with van der Waals surface area (Å²) in [7, 11) is 0. The number of ether oxygens (including phenoxy) is 2. The van der Waals surface area contributed by atoms with Gasteiger partial charge in [-0.15, -0.1) is 0 Å². The molecule has 2 rings (SSSR count). The van der Waals surface area contributed by atoms with Gasteiger partial charge in [0.05, 0.1) is 18.9 Å². The van der Waals surface area contributed by atoms with Crippen molar-refractivity contribution in [1.82, 2.24) is 5.32 Å². The van der Waals surface area contributed by atoms with E-state index in [2.05, 4.69) is 26.1 Å². The second-order valence-electron chi connectivity index (χ2n) is 5.22. The molecule has 0 bridgehead atoms. The van der Waals surface area contributed by atoms with Gasteiger partial charge in [-0.25, -0.2) is 0 Å². The average molecular weight is 357 g/mol. The van der Waals surface area contributed by atoms with E-state index in [1.807, 2.05) is 32.0 Å². The molecule has 0 unspecified atom stereocenters. The summed E-state index contributed by atoms with van der Waals surface area (Å²) >= 11 is 3.48. The normalized spacial score (nSPS) is 15.1. The molecule has 1 N–H and O–H groups in total. The molecule has 1 fully saturated rings. The van der Waals surface area contributed by atoms with Crippen LogP contribution in [0.5, 0.6) is 5.75 Å². The third-order valence-corrected chi connectivity index (χ3v) is 3.57. The molecule has 1 aliphatic rings. The summed E-state index contributed by atoms with van der Waals surface area (Å²) in [5, 5.41) is 2.82. The zero-order valence-electron chi connectivity index (χ0n) is 12.4. The van der Waals surface area contributed by atoms with Crippen LogP contribution in [0, 0.1) is 0 Å². The molecule has 0 spiro atoms. The molecule has 1 amide bonds. The summed E-state index contributed by atoms with van der Waals surface area (Å²) in [6.45, 7) is 6.94. The van der Waals surface area contributed by atoms with Crippen molar-refractivity contribution in [3.63, 3.8) is 0 Å². The molecular weight excluding hydrogens is 336 g/mol. The van der Waals surface area contributed by atoms with Crippen LogP contribution in [0.1, 0.15) is 13.8 Å². The van der Waals surface area contributed by atoms with Crippen LogP contribution in [-0.2, 0) is 9.53 Å². The van der Waals surface area contributed by atoms with E-state index in [1.54, 1.807) is 0 Å². The molecule has 1 heterocycles. The molecule has 0 saturated carbocycles. The highest BCUT2D eigenvalue weighted by molar-refractivity contribution is 9.10. The van der Waals surface area contributed by atoms with Crippen molar-refractivity contribution >= 4 is 27.5 Å². The Labute approximate surface area is 133 Å². The Morgan fingerprint density at radius 3 is 2.81 bits per heavy atom. The number of amides is 1. The maximum Gasteiger partial charge on any atom is 0.258 e. The van der Waals surface area contributed by atoms with E-state index in [1.165, 1.54) is 0 Å². The number of carbonyl (C=O) groups excluding carboxylic acids is 1. The van der Waals surface area contributed by atoms with Crippen LogP contribution in [0.25, 0.3) is 0 Å². The van der Waals surface area contributed by atoms with E-state index >= 15 is 0 Å². The van der Waals surface area contributed by atoms with Crippen LogP contribution in [0.4, 0.5) is 5.69 Å². The van der Waals surface area contributed by atoms with Gasteiger partial charge in [0, 0.05) is 23.6 Å². The SMILES string of the molecule is CC(C)NC(=O)COc1ccc(Br)cc1N1CCOCC1. The third kappa shape index (κ3) is 4.89. The average Bonchev–Trinajstić information content (AvgIpc) is 2.46. The number of carbonyl (C=O) groups is 1. The second kappa shape index (κ2) is 7.66. The summed E-state index contributed by atoms with van der Waals surface area (Å²) in [4.78, 5) is 13.9. The van der Waals surface area contributed by atoms with Crippen molar-refractivity contribution in [2.24, 2.45) is 0 Å². The zero-order valence-corrected chi connectivity index (χ0v) is 14.0. The van der Waals surface area contributed by atoms with Gasteiger partial charge in [0.25, 0.3) is 5.91 Å². The van der Waals surface area contributed by atoms with Crippen LogP contribution < -0.4 is 15.0 Å². The molecule has 0 aromatic heterocycles. The van der Waals surface area contributed by atoms with E-state index in [0.717, 1.165) is 29.0 Å². The maximum atomic E-state index is 11.7. The highest BCUT2D eigenvalue weighted by Gasteiger charge is 2.17. The van der Waals surface area contributed by atoms with Crippen molar-refractivity contribution in [3.05, 3.63) is 22.7 Å². The van der Waals surface area contributed by atoms with Crippen LogP contribution in [0.15, 0.2) is 22.7 Å². The highest BCUT2D eigenvalue weighted by atomic mass is 79.9. The van der Waals surface area contributed by atoms with E-state index < -0.39 is 0 Å². The van der Waals surface area contributed by atoms with Crippen molar-refractivity contribution < 1.29 is 14.3 Å². The van der Waals surface area contributed by atoms with Gasteiger partial charge in [0.1, 0.15) is 5.75 Å². The van der Waals surface area contributed by atoms with E-state index in [0.29, 0.717) is 13.2 Å².